The molecule has 0 unspecified atom stereocenters. The number of nitrogens with zero attached hydrogens (tertiary/aromatic N) is 4. The van der Waals surface area contributed by atoms with Gasteiger partial charge in [-0.2, -0.15) is 13.2 Å². The van der Waals surface area contributed by atoms with Gasteiger partial charge in [-0.1, -0.05) is 23.7 Å². The van der Waals surface area contributed by atoms with Crippen LogP contribution >= 0.6 is 11.6 Å². The Morgan fingerprint density at radius 1 is 1.10 bits per heavy atom. The van der Waals surface area contributed by atoms with Crippen molar-refractivity contribution in [3.63, 3.8) is 0 Å². The van der Waals surface area contributed by atoms with Crippen LogP contribution in [0.25, 0.3) is 5.69 Å². The van der Waals surface area contributed by atoms with E-state index in [1.54, 1.807) is 18.2 Å². The van der Waals surface area contributed by atoms with Gasteiger partial charge in [0.25, 0.3) is 0 Å². The average Bonchev–Trinajstić information content (AvgIpc) is 3.59. The molecule has 10 nitrogen and oxygen atoms in total. The third kappa shape index (κ3) is 5.79. The van der Waals surface area contributed by atoms with E-state index in [1.807, 2.05) is 0 Å². The fourth-order valence-electron chi connectivity index (χ4n) is 4.89. The lowest BCUT2D eigenvalue weighted by molar-refractivity contribution is -0.146. The number of aryl methyl sites for hydroxylation is 1. The van der Waals surface area contributed by atoms with Crippen LogP contribution in [0.4, 0.5) is 13.2 Å². The number of ether oxygens (including phenoxy) is 4. The minimum absolute atomic E-state index is 0.0719. The van der Waals surface area contributed by atoms with Gasteiger partial charge in [0.2, 0.25) is 5.82 Å². The van der Waals surface area contributed by atoms with Crippen molar-refractivity contribution in [3.05, 3.63) is 82.0 Å². The number of methoxy groups -OCH3 is 3. The van der Waals surface area contributed by atoms with E-state index in [2.05, 4.69) is 19.9 Å². The Labute approximate surface area is 243 Å². The van der Waals surface area contributed by atoms with Gasteiger partial charge in [0.15, 0.2) is 23.2 Å². The molecule has 2 atom stereocenters. The molecule has 0 radical (unpaired) electrons. The Balaban J connectivity index is 1.61. The number of para-hydroxylation sites is 1. The molecule has 0 saturated carbocycles. The normalized spacial score (nSPS) is 16.4. The fourth-order valence-corrected chi connectivity index (χ4v) is 5.07. The number of esters is 1. The minimum Gasteiger partial charge on any atom is -0.493 e. The van der Waals surface area contributed by atoms with Crippen molar-refractivity contribution in [1.82, 2.24) is 19.7 Å². The summed E-state index contributed by atoms with van der Waals surface area (Å²) < 4.78 is 71.8. The Kier molecular flexibility index (Phi) is 8.41. The third-order valence-corrected chi connectivity index (χ3v) is 6.99. The van der Waals surface area contributed by atoms with E-state index in [9.17, 15) is 18.0 Å². The highest BCUT2D eigenvalue weighted by molar-refractivity contribution is 6.30. The topological polar surface area (TPSA) is 111 Å². The molecule has 0 saturated heterocycles. The van der Waals surface area contributed by atoms with E-state index >= 15 is 0 Å². The number of hydrogen-bond donors (Lipinski definition) is 0. The second-order valence-electron chi connectivity index (χ2n) is 9.36. The number of carbonyl (C=O) groups is 1. The highest BCUT2D eigenvalue weighted by Crippen LogP contribution is 2.47. The molecule has 0 N–H and O–H groups in total. The Bertz CT molecular complexity index is 1590. The van der Waals surface area contributed by atoms with Gasteiger partial charge < -0.3 is 23.4 Å². The molecule has 14 heteroatoms. The van der Waals surface area contributed by atoms with E-state index in [0.717, 1.165) is 4.57 Å². The van der Waals surface area contributed by atoms with Gasteiger partial charge in [-0.05, 0) is 30.7 Å². The Hall–Kier alpha value is -4.10. The van der Waals surface area contributed by atoms with Crippen molar-refractivity contribution < 1.29 is 41.3 Å². The maximum Gasteiger partial charge on any atom is 0.452 e. The number of oxazole rings is 1. The predicted molar refractivity (Wildman–Crippen MR) is 142 cm³/mol. The lowest BCUT2D eigenvalue weighted by atomic mass is 9.98. The molecule has 0 spiro atoms. The van der Waals surface area contributed by atoms with Gasteiger partial charge in [-0.15, -0.1) is 10.2 Å². The molecule has 0 aliphatic carbocycles. The molecule has 0 fully saturated rings. The SMILES string of the molecule is COC(=O)CCCc1cnc(C[C@@H]2O[C@@H](c3cccc(OC)c3OC)c3cc(Cl)ccc3-n3c2nnc3C(F)(F)F)o1. The Morgan fingerprint density at radius 3 is 2.62 bits per heavy atom. The van der Waals surface area contributed by atoms with Crippen molar-refractivity contribution in [3.8, 4) is 17.2 Å². The van der Waals surface area contributed by atoms with E-state index in [-0.39, 0.29) is 41.2 Å². The number of hydrogen-bond acceptors (Lipinski definition) is 9. The van der Waals surface area contributed by atoms with Crippen molar-refractivity contribution in [1.29, 1.82) is 0 Å². The summed E-state index contributed by atoms with van der Waals surface area (Å²) in [5, 5.41) is 7.71. The van der Waals surface area contributed by atoms with Crippen molar-refractivity contribution in [2.75, 3.05) is 21.3 Å². The van der Waals surface area contributed by atoms with Gasteiger partial charge in [0.05, 0.1) is 39.6 Å². The third-order valence-electron chi connectivity index (χ3n) is 6.75. The highest BCUT2D eigenvalue weighted by Gasteiger charge is 2.43. The van der Waals surface area contributed by atoms with Crippen LogP contribution in [-0.2, 0) is 33.3 Å². The van der Waals surface area contributed by atoms with Gasteiger partial charge in [0.1, 0.15) is 18.0 Å². The number of benzene rings is 2. The first-order valence-electron chi connectivity index (χ1n) is 12.8. The molecule has 1 aliphatic heterocycles. The second kappa shape index (κ2) is 12.0. The molecule has 2 aromatic carbocycles. The summed E-state index contributed by atoms with van der Waals surface area (Å²) in [4.78, 5) is 15.7. The maximum absolute atomic E-state index is 14.2. The monoisotopic (exact) mass is 606 g/mol. The van der Waals surface area contributed by atoms with Crippen molar-refractivity contribution >= 4 is 17.6 Å². The van der Waals surface area contributed by atoms with Crippen molar-refractivity contribution in [2.24, 2.45) is 0 Å². The molecule has 3 heterocycles. The largest absolute Gasteiger partial charge is 0.493 e. The molecular weight excluding hydrogens is 581 g/mol. The van der Waals surface area contributed by atoms with Crippen LogP contribution in [0, 0.1) is 0 Å². The lowest BCUT2D eigenvalue weighted by Gasteiger charge is -2.24. The lowest BCUT2D eigenvalue weighted by Crippen LogP contribution is -2.17. The smallest absolute Gasteiger partial charge is 0.452 e. The van der Waals surface area contributed by atoms with Gasteiger partial charge in [-0.25, -0.2) is 4.98 Å². The van der Waals surface area contributed by atoms with Crippen LogP contribution in [0.1, 0.15) is 59.5 Å². The van der Waals surface area contributed by atoms with E-state index in [1.165, 1.54) is 45.7 Å². The van der Waals surface area contributed by atoms with Crippen LogP contribution < -0.4 is 9.47 Å². The summed E-state index contributed by atoms with van der Waals surface area (Å²) in [6.45, 7) is 0. The number of carbonyl (C=O) groups excluding carboxylic acids is 1. The second-order valence-corrected chi connectivity index (χ2v) is 9.80. The summed E-state index contributed by atoms with van der Waals surface area (Å²) >= 11 is 6.36. The molecular formula is C28H26ClF3N4O6. The molecule has 2 aromatic heterocycles. The number of rotatable bonds is 9. The molecule has 0 amide bonds. The van der Waals surface area contributed by atoms with Gasteiger partial charge >= 0.3 is 12.1 Å². The van der Waals surface area contributed by atoms with E-state index < -0.39 is 24.2 Å². The van der Waals surface area contributed by atoms with Gasteiger partial charge in [-0.3, -0.25) is 9.36 Å². The summed E-state index contributed by atoms with van der Waals surface area (Å²) in [5.41, 5.74) is 0.965. The van der Waals surface area contributed by atoms with Crippen molar-refractivity contribution in [2.45, 2.75) is 44.1 Å². The zero-order valence-corrected chi connectivity index (χ0v) is 23.5. The Morgan fingerprint density at radius 2 is 1.90 bits per heavy atom. The molecule has 5 rings (SSSR count). The number of fused-ring (bicyclic) bond motifs is 3. The van der Waals surface area contributed by atoms with Crippen LogP contribution in [0.2, 0.25) is 5.02 Å². The van der Waals surface area contributed by atoms with E-state index in [4.69, 9.17) is 30.2 Å². The van der Waals surface area contributed by atoms with Crippen LogP contribution in [0.5, 0.6) is 11.5 Å². The standard InChI is InChI=1S/C28H26ClF3N4O6/c1-38-20-8-5-7-17(25(20)40-3)24-18-12-15(29)10-11-19(18)36-26(34-35-27(36)28(30,31)32)21(42-24)13-22-33-14-16(41-22)6-4-9-23(37)39-2/h5,7-8,10-12,14,21,24H,4,6,9,13H2,1-3H3/t21-,24-/m0/s1. The highest BCUT2D eigenvalue weighted by atomic mass is 35.5. The van der Waals surface area contributed by atoms with Crippen LogP contribution in [0.15, 0.2) is 47.0 Å². The quantitative estimate of drug-likeness (QED) is 0.217. The summed E-state index contributed by atoms with van der Waals surface area (Å²) in [5.74, 6) is -0.211. The summed E-state index contributed by atoms with van der Waals surface area (Å²) in [7, 11) is 4.25. The predicted octanol–water partition coefficient (Wildman–Crippen LogP) is 5.84. The number of alkyl halides is 3. The first-order chi connectivity index (χ1) is 20.1. The molecule has 42 heavy (non-hydrogen) atoms. The number of aromatic nitrogens is 4. The maximum atomic E-state index is 14.2. The van der Waals surface area contributed by atoms with Crippen LogP contribution in [0.3, 0.4) is 0 Å². The first kappa shape index (κ1) is 29.4. The van der Waals surface area contributed by atoms with E-state index in [0.29, 0.717) is 41.2 Å². The fraction of sp³-hybridized carbons (Fsp3) is 0.357. The summed E-state index contributed by atoms with van der Waals surface area (Å²) in [6, 6.07) is 9.64. The molecule has 4 aromatic rings. The van der Waals surface area contributed by atoms with Gasteiger partial charge in [0, 0.05) is 29.0 Å². The van der Waals surface area contributed by atoms with Crippen LogP contribution in [-0.4, -0.2) is 47.0 Å². The zero-order chi connectivity index (χ0) is 30.0. The first-order valence-corrected chi connectivity index (χ1v) is 13.2. The number of halogens is 4. The zero-order valence-electron chi connectivity index (χ0n) is 22.8. The summed E-state index contributed by atoms with van der Waals surface area (Å²) in [6.07, 6.45) is -4.37. The average molecular weight is 607 g/mol. The molecule has 1 aliphatic rings. The minimum atomic E-state index is -4.82. The molecule has 222 valence electrons. The molecule has 0 bridgehead atoms.